The number of hydrogen-bond donors (Lipinski definition) is 1. The Bertz CT molecular complexity index is 1160. The molecule has 174 valence electrons. The summed E-state index contributed by atoms with van der Waals surface area (Å²) in [6.07, 6.45) is -3.20. The quantitative estimate of drug-likeness (QED) is 0.662. The van der Waals surface area contributed by atoms with E-state index in [1.807, 2.05) is 4.90 Å². The fourth-order valence-electron chi connectivity index (χ4n) is 3.56. The Morgan fingerprint density at radius 1 is 1.16 bits per heavy atom. The van der Waals surface area contributed by atoms with E-state index in [9.17, 15) is 27.6 Å². The van der Waals surface area contributed by atoms with E-state index in [4.69, 9.17) is 17.3 Å². The molecule has 9 nitrogen and oxygen atoms in total. The Balaban J connectivity index is 1.74. The van der Waals surface area contributed by atoms with Crippen LogP contribution in [0.1, 0.15) is 22.3 Å². The van der Waals surface area contributed by atoms with Crippen molar-refractivity contribution in [2.24, 2.45) is 14.1 Å². The second-order valence-electron chi connectivity index (χ2n) is 7.53. The van der Waals surface area contributed by atoms with Crippen LogP contribution in [0.5, 0.6) is 0 Å². The molecule has 1 fully saturated rings. The molecule has 0 amide bonds. The molecule has 0 atom stereocenters. The Hall–Kier alpha value is -2.86. The number of rotatable bonds is 4. The minimum absolute atomic E-state index is 0.0976. The van der Waals surface area contributed by atoms with Crippen molar-refractivity contribution in [2.45, 2.75) is 12.6 Å². The molecule has 13 heteroatoms. The first-order chi connectivity index (χ1) is 14.9. The summed E-state index contributed by atoms with van der Waals surface area (Å²) >= 11 is 6.05. The summed E-state index contributed by atoms with van der Waals surface area (Å²) in [5.74, 6) is -0.470. The number of carbonyl (C=O) groups is 1. The van der Waals surface area contributed by atoms with Crippen LogP contribution in [0, 0.1) is 0 Å². The molecular formula is C19H22ClF3N6O3. The highest BCUT2D eigenvalue weighted by Gasteiger charge is 2.32. The lowest BCUT2D eigenvalue weighted by Crippen LogP contribution is -2.43. The second kappa shape index (κ2) is 8.94. The fourth-order valence-corrected chi connectivity index (χ4v) is 3.85. The van der Waals surface area contributed by atoms with Crippen molar-refractivity contribution in [2.75, 3.05) is 43.4 Å². The van der Waals surface area contributed by atoms with Gasteiger partial charge < -0.3 is 10.6 Å². The number of hydrogen-bond acceptors (Lipinski definition) is 7. The zero-order valence-electron chi connectivity index (χ0n) is 17.4. The van der Waals surface area contributed by atoms with Crippen molar-refractivity contribution in [1.82, 2.24) is 19.0 Å². The highest BCUT2D eigenvalue weighted by atomic mass is 35.5. The highest BCUT2D eigenvalue weighted by Crippen LogP contribution is 2.33. The van der Waals surface area contributed by atoms with Gasteiger partial charge >= 0.3 is 11.9 Å². The lowest BCUT2D eigenvalue weighted by atomic mass is 10.1. The largest absolute Gasteiger partial charge is 0.417 e. The van der Waals surface area contributed by atoms with Crippen LogP contribution in [0.15, 0.2) is 21.9 Å². The maximum atomic E-state index is 12.8. The van der Waals surface area contributed by atoms with Gasteiger partial charge in [-0.2, -0.15) is 13.2 Å². The molecule has 3 heterocycles. The average molecular weight is 475 g/mol. The molecule has 2 N–H and O–H groups in total. The van der Waals surface area contributed by atoms with Crippen LogP contribution in [0.4, 0.5) is 24.8 Å². The number of nitrogens with zero attached hydrogens (tertiary/aromatic N) is 5. The van der Waals surface area contributed by atoms with Gasteiger partial charge in [0, 0.05) is 46.5 Å². The van der Waals surface area contributed by atoms with Crippen LogP contribution in [0.2, 0.25) is 5.02 Å². The van der Waals surface area contributed by atoms with Gasteiger partial charge in [-0.15, -0.1) is 0 Å². The van der Waals surface area contributed by atoms with Crippen molar-refractivity contribution in [3.63, 3.8) is 0 Å². The van der Waals surface area contributed by atoms with Gasteiger partial charge in [-0.1, -0.05) is 11.6 Å². The summed E-state index contributed by atoms with van der Waals surface area (Å²) in [7, 11) is 2.64. The highest BCUT2D eigenvalue weighted by molar-refractivity contribution is 6.33. The first-order valence-electron chi connectivity index (χ1n) is 9.70. The molecule has 1 aliphatic heterocycles. The van der Waals surface area contributed by atoms with Gasteiger partial charge in [0.05, 0.1) is 17.1 Å². The summed E-state index contributed by atoms with van der Waals surface area (Å²) in [5.41, 5.74) is 3.29. The minimum atomic E-state index is -4.54. The number of ketones is 1. The lowest BCUT2D eigenvalue weighted by molar-refractivity contribution is -0.137. The number of Topliss-reactive ketones (excluding diaryl/α,β-unsaturated/α-hetero) is 1. The Labute approximate surface area is 185 Å². The molecule has 32 heavy (non-hydrogen) atoms. The summed E-state index contributed by atoms with van der Waals surface area (Å²) < 4.78 is 40.4. The number of halogens is 4. The molecule has 2 aromatic rings. The molecule has 0 saturated carbocycles. The molecule has 0 spiro atoms. The maximum Gasteiger partial charge on any atom is 0.417 e. The first-order valence-corrected chi connectivity index (χ1v) is 10.1. The molecular weight excluding hydrogens is 453 g/mol. The number of aromatic nitrogens is 3. The van der Waals surface area contributed by atoms with Crippen molar-refractivity contribution in [1.29, 1.82) is 0 Å². The van der Waals surface area contributed by atoms with Crippen molar-refractivity contribution < 1.29 is 18.0 Å². The van der Waals surface area contributed by atoms with Crippen LogP contribution in [0.25, 0.3) is 0 Å². The van der Waals surface area contributed by atoms with Crippen molar-refractivity contribution in [3.8, 4) is 0 Å². The number of pyridine rings is 1. The van der Waals surface area contributed by atoms with Crippen LogP contribution in [0.3, 0.4) is 0 Å². The zero-order chi connectivity index (χ0) is 23.8. The Kier molecular flexibility index (Phi) is 6.65. The SMILES string of the molecule is Cn1c(N)c(C(=O)CN2CCCN(c3ncc(C(F)(F)F)cc3Cl)CC2)c(=O)n(C)c1=O. The van der Waals surface area contributed by atoms with Gasteiger partial charge in [0.15, 0.2) is 5.78 Å². The van der Waals surface area contributed by atoms with E-state index >= 15 is 0 Å². The third-order valence-corrected chi connectivity index (χ3v) is 5.67. The van der Waals surface area contributed by atoms with E-state index in [1.54, 1.807) is 4.90 Å². The van der Waals surface area contributed by atoms with Gasteiger partial charge in [0.25, 0.3) is 5.56 Å². The summed E-state index contributed by atoms with van der Waals surface area (Å²) in [4.78, 5) is 44.6. The predicted molar refractivity (Wildman–Crippen MR) is 113 cm³/mol. The first kappa shape index (κ1) is 23.8. The van der Waals surface area contributed by atoms with Crippen LogP contribution in [-0.2, 0) is 20.3 Å². The van der Waals surface area contributed by atoms with E-state index in [2.05, 4.69) is 4.98 Å². The molecule has 0 aliphatic carbocycles. The topological polar surface area (TPSA) is 106 Å². The van der Waals surface area contributed by atoms with Gasteiger partial charge in [0.1, 0.15) is 17.2 Å². The number of anilines is 2. The van der Waals surface area contributed by atoms with Gasteiger partial charge in [-0.25, -0.2) is 9.78 Å². The number of nitrogens with two attached hydrogens (primary N) is 1. The van der Waals surface area contributed by atoms with Crippen molar-refractivity contribution in [3.05, 3.63) is 49.3 Å². The van der Waals surface area contributed by atoms with Gasteiger partial charge in [0.2, 0.25) is 0 Å². The summed E-state index contributed by atoms with van der Waals surface area (Å²) in [6, 6.07) is 0.842. The molecule has 2 aromatic heterocycles. The van der Waals surface area contributed by atoms with Crippen LogP contribution in [-0.4, -0.2) is 57.5 Å². The van der Waals surface area contributed by atoms with E-state index in [0.717, 1.165) is 21.4 Å². The number of alkyl halides is 3. The van der Waals surface area contributed by atoms with E-state index in [0.29, 0.717) is 32.6 Å². The van der Waals surface area contributed by atoms with E-state index in [1.165, 1.54) is 14.1 Å². The third kappa shape index (κ3) is 4.65. The molecule has 0 unspecified atom stereocenters. The Morgan fingerprint density at radius 3 is 2.47 bits per heavy atom. The number of carbonyl (C=O) groups excluding carboxylic acids is 1. The van der Waals surface area contributed by atoms with E-state index in [-0.39, 0.29) is 28.8 Å². The number of nitrogen functional groups attached to an aromatic ring is 1. The second-order valence-corrected chi connectivity index (χ2v) is 7.94. The monoisotopic (exact) mass is 474 g/mol. The summed E-state index contributed by atoms with van der Waals surface area (Å²) in [5, 5.41) is -0.106. The molecule has 0 aromatic carbocycles. The molecule has 1 saturated heterocycles. The normalized spacial score (nSPS) is 15.6. The third-order valence-electron chi connectivity index (χ3n) is 5.39. The Morgan fingerprint density at radius 2 is 1.84 bits per heavy atom. The fraction of sp³-hybridized carbons (Fsp3) is 0.474. The molecule has 1 aliphatic rings. The van der Waals surface area contributed by atoms with Crippen molar-refractivity contribution >= 4 is 29.0 Å². The van der Waals surface area contributed by atoms with Gasteiger partial charge in [-0.05, 0) is 12.5 Å². The van der Waals surface area contributed by atoms with E-state index < -0.39 is 28.8 Å². The lowest BCUT2D eigenvalue weighted by Gasteiger charge is -2.24. The van der Waals surface area contributed by atoms with Crippen LogP contribution >= 0.6 is 11.6 Å². The smallest absolute Gasteiger partial charge is 0.384 e. The molecule has 3 rings (SSSR count). The van der Waals surface area contributed by atoms with Crippen LogP contribution < -0.4 is 21.9 Å². The predicted octanol–water partition coefficient (Wildman–Crippen LogP) is 1.13. The van der Waals surface area contributed by atoms with Gasteiger partial charge in [-0.3, -0.25) is 23.6 Å². The standard InChI is InChI=1S/C19H22ClF3N6O3/c1-26-15(24)14(17(31)27(2)18(26)32)13(30)10-28-4-3-5-29(7-6-28)16-12(20)8-11(9-25-16)19(21,22)23/h8-9H,3-7,10,24H2,1-2H3. The maximum absolute atomic E-state index is 12.8. The average Bonchev–Trinajstić information content (AvgIpc) is 2.95. The summed E-state index contributed by atoms with van der Waals surface area (Å²) in [6.45, 7) is 1.64. The molecule has 0 radical (unpaired) electrons. The zero-order valence-corrected chi connectivity index (χ0v) is 18.2. The molecule has 0 bridgehead atoms. The minimum Gasteiger partial charge on any atom is -0.384 e.